The summed E-state index contributed by atoms with van der Waals surface area (Å²) in [6, 6.07) is -0.301. The average Bonchev–Trinajstić information content (AvgIpc) is 2.11. The first kappa shape index (κ1) is 10.5. The first-order chi connectivity index (χ1) is 5.70. The molecule has 0 rings (SSSR count). The zero-order chi connectivity index (χ0) is 9.40. The molecule has 0 bridgehead atoms. The van der Waals surface area contributed by atoms with E-state index in [9.17, 15) is 9.59 Å². The van der Waals surface area contributed by atoms with Gasteiger partial charge in [-0.2, -0.15) is 0 Å². The van der Waals surface area contributed by atoms with E-state index < -0.39 is 5.97 Å². The zero-order valence-corrected chi connectivity index (χ0v) is 6.92. The first-order valence-electron chi connectivity index (χ1n) is 3.45. The van der Waals surface area contributed by atoms with Crippen LogP contribution in [0.25, 0.3) is 0 Å². The van der Waals surface area contributed by atoms with Crippen LogP contribution >= 0.6 is 0 Å². The first-order valence-corrected chi connectivity index (χ1v) is 3.45. The van der Waals surface area contributed by atoms with Crippen LogP contribution in [0.15, 0.2) is 12.7 Å². The smallest absolute Gasteiger partial charge is 0.330 e. The van der Waals surface area contributed by atoms with Crippen molar-refractivity contribution in [3.8, 4) is 0 Å². The van der Waals surface area contributed by atoms with Gasteiger partial charge >= 0.3 is 12.0 Å². The molecule has 0 spiro atoms. The minimum absolute atomic E-state index is 0.151. The van der Waals surface area contributed by atoms with Crippen LogP contribution in [0.4, 0.5) is 4.79 Å². The highest BCUT2D eigenvalue weighted by Gasteiger charge is 1.96. The van der Waals surface area contributed by atoms with Crippen LogP contribution < -0.4 is 10.6 Å². The predicted octanol–water partition coefficient (Wildman–Crippen LogP) is -0.355. The highest BCUT2D eigenvalue weighted by atomic mass is 16.5. The summed E-state index contributed by atoms with van der Waals surface area (Å²) in [5.74, 6) is -0.492. The molecule has 12 heavy (non-hydrogen) atoms. The molecule has 0 aliphatic rings. The summed E-state index contributed by atoms with van der Waals surface area (Å²) in [7, 11) is 1.51. The lowest BCUT2D eigenvalue weighted by molar-refractivity contribution is -0.137. The molecule has 0 aromatic rings. The number of esters is 1. The van der Waals surface area contributed by atoms with Crippen molar-refractivity contribution in [3.63, 3.8) is 0 Å². The largest absolute Gasteiger partial charge is 0.461 e. The number of amides is 2. The van der Waals surface area contributed by atoms with Crippen LogP contribution in [-0.2, 0) is 9.53 Å². The summed E-state index contributed by atoms with van der Waals surface area (Å²) in [6.07, 6.45) is 1.07. The molecule has 0 fully saturated rings. The van der Waals surface area contributed by atoms with Gasteiger partial charge in [0.1, 0.15) is 6.61 Å². The molecule has 0 aromatic heterocycles. The van der Waals surface area contributed by atoms with Crippen molar-refractivity contribution in [3.05, 3.63) is 12.7 Å². The summed E-state index contributed by atoms with van der Waals surface area (Å²) in [6.45, 7) is 3.66. The van der Waals surface area contributed by atoms with Crippen molar-refractivity contribution in [2.75, 3.05) is 20.2 Å². The van der Waals surface area contributed by atoms with Crippen molar-refractivity contribution in [2.45, 2.75) is 0 Å². The molecule has 0 unspecified atom stereocenters. The second-order valence-electron chi connectivity index (χ2n) is 1.88. The van der Waals surface area contributed by atoms with Crippen molar-refractivity contribution in [2.24, 2.45) is 0 Å². The Balaban J connectivity index is 3.27. The van der Waals surface area contributed by atoms with E-state index in [4.69, 9.17) is 0 Å². The highest BCUT2D eigenvalue weighted by molar-refractivity contribution is 5.81. The van der Waals surface area contributed by atoms with Gasteiger partial charge < -0.3 is 15.4 Å². The molecule has 0 atom stereocenters. The third-order valence-corrected chi connectivity index (χ3v) is 1.03. The van der Waals surface area contributed by atoms with Gasteiger partial charge in [-0.3, -0.25) is 0 Å². The molecule has 0 aliphatic heterocycles. The Bertz CT molecular complexity index is 179. The maximum atomic E-state index is 10.5. The molecule has 0 aliphatic carbocycles. The van der Waals surface area contributed by atoms with Crippen molar-refractivity contribution in [1.82, 2.24) is 10.6 Å². The lowest BCUT2D eigenvalue weighted by atomic mass is 10.6. The average molecular weight is 172 g/mol. The van der Waals surface area contributed by atoms with Crippen LogP contribution in [-0.4, -0.2) is 32.2 Å². The van der Waals surface area contributed by atoms with Crippen LogP contribution in [0.2, 0.25) is 0 Å². The van der Waals surface area contributed by atoms with Gasteiger partial charge in [-0.25, -0.2) is 9.59 Å². The van der Waals surface area contributed by atoms with E-state index in [0.29, 0.717) is 6.54 Å². The quantitative estimate of drug-likeness (QED) is 0.346. The summed E-state index contributed by atoms with van der Waals surface area (Å²) >= 11 is 0. The second kappa shape index (κ2) is 6.21. The van der Waals surface area contributed by atoms with E-state index in [1.165, 1.54) is 7.05 Å². The SMILES string of the molecule is C=CC(=O)OCCNC(=O)NC. The zero-order valence-electron chi connectivity index (χ0n) is 6.92. The number of nitrogens with one attached hydrogen (secondary N) is 2. The maximum absolute atomic E-state index is 10.5. The van der Waals surface area contributed by atoms with E-state index in [2.05, 4.69) is 21.9 Å². The number of carbonyl (C=O) groups excluding carboxylic acids is 2. The Morgan fingerprint density at radius 2 is 2.25 bits per heavy atom. The fourth-order valence-corrected chi connectivity index (χ4v) is 0.463. The van der Waals surface area contributed by atoms with Gasteiger partial charge in [0, 0.05) is 13.1 Å². The van der Waals surface area contributed by atoms with E-state index >= 15 is 0 Å². The topological polar surface area (TPSA) is 67.4 Å². The van der Waals surface area contributed by atoms with Crippen molar-refractivity contribution in [1.29, 1.82) is 0 Å². The molecule has 0 saturated heterocycles. The Labute approximate surface area is 70.8 Å². The third-order valence-electron chi connectivity index (χ3n) is 1.03. The van der Waals surface area contributed by atoms with E-state index in [-0.39, 0.29) is 12.6 Å². The predicted molar refractivity (Wildman–Crippen MR) is 43.6 cm³/mol. The number of rotatable bonds is 4. The molecule has 2 amide bonds. The molecule has 0 radical (unpaired) electrons. The van der Waals surface area contributed by atoms with Gasteiger partial charge in [0.05, 0.1) is 6.54 Å². The minimum atomic E-state index is -0.492. The van der Waals surface area contributed by atoms with Gasteiger partial charge in [-0.05, 0) is 0 Å². The summed E-state index contributed by atoms with van der Waals surface area (Å²) < 4.78 is 4.59. The number of hydrogen-bond donors (Lipinski definition) is 2. The lowest BCUT2D eigenvalue weighted by Gasteiger charge is -2.03. The van der Waals surface area contributed by atoms with Gasteiger partial charge in [0.25, 0.3) is 0 Å². The highest BCUT2D eigenvalue weighted by Crippen LogP contribution is 1.76. The monoisotopic (exact) mass is 172 g/mol. The molecule has 0 saturated carbocycles. The molecule has 2 N–H and O–H groups in total. The summed E-state index contributed by atoms with van der Waals surface area (Å²) in [5, 5.41) is 4.81. The normalized spacial score (nSPS) is 8.42. The Morgan fingerprint density at radius 3 is 2.75 bits per heavy atom. The fraction of sp³-hybridized carbons (Fsp3) is 0.429. The fourth-order valence-electron chi connectivity index (χ4n) is 0.463. The third kappa shape index (κ3) is 5.28. The molecular formula is C7H12N2O3. The molecular weight excluding hydrogens is 160 g/mol. The number of urea groups is 1. The van der Waals surface area contributed by atoms with Gasteiger partial charge in [-0.15, -0.1) is 0 Å². The van der Waals surface area contributed by atoms with Crippen LogP contribution in [0.3, 0.4) is 0 Å². The Hall–Kier alpha value is -1.52. The van der Waals surface area contributed by atoms with Crippen molar-refractivity contribution >= 4 is 12.0 Å². The molecule has 0 heterocycles. The Kier molecular flexibility index (Phi) is 5.42. The number of ether oxygens (including phenoxy) is 1. The minimum Gasteiger partial charge on any atom is -0.461 e. The van der Waals surface area contributed by atoms with Gasteiger partial charge in [-0.1, -0.05) is 6.58 Å². The van der Waals surface area contributed by atoms with Gasteiger partial charge in [0.15, 0.2) is 0 Å². The summed E-state index contributed by atoms with van der Waals surface area (Å²) in [4.78, 5) is 21.0. The molecule has 0 aromatic carbocycles. The van der Waals surface area contributed by atoms with Crippen LogP contribution in [0, 0.1) is 0 Å². The lowest BCUT2D eigenvalue weighted by Crippen LogP contribution is -2.35. The molecule has 68 valence electrons. The number of carbonyl (C=O) groups is 2. The van der Waals surface area contributed by atoms with Crippen LogP contribution in [0.1, 0.15) is 0 Å². The van der Waals surface area contributed by atoms with Crippen LogP contribution in [0.5, 0.6) is 0 Å². The van der Waals surface area contributed by atoms with Gasteiger partial charge in [0.2, 0.25) is 0 Å². The number of hydrogen-bond acceptors (Lipinski definition) is 3. The molecule has 5 nitrogen and oxygen atoms in total. The summed E-state index contributed by atoms with van der Waals surface area (Å²) in [5.41, 5.74) is 0. The van der Waals surface area contributed by atoms with E-state index in [1.54, 1.807) is 0 Å². The molecule has 5 heteroatoms. The van der Waals surface area contributed by atoms with E-state index in [0.717, 1.165) is 6.08 Å². The van der Waals surface area contributed by atoms with Crippen molar-refractivity contribution < 1.29 is 14.3 Å². The standard InChI is InChI=1S/C7H12N2O3/c1-3-6(10)12-5-4-9-7(11)8-2/h3H,1,4-5H2,2H3,(H2,8,9,11). The second-order valence-corrected chi connectivity index (χ2v) is 1.88. The maximum Gasteiger partial charge on any atom is 0.330 e. The van der Waals surface area contributed by atoms with E-state index in [1.807, 2.05) is 0 Å². The Morgan fingerprint density at radius 1 is 1.58 bits per heavy atom.